The van der Waals surface area contributed by atoms with Gasteiger partial charge in [-0.3, -0.25) is 0 Å². The highest BCUT2D eigenvalue weighted by atomic mass is 16.5. The molecule has 1 unspecified atom stereocenters. The number of hydrogen-bond donors (Lipinski definition) is 1. The van der Waals surface area contributed by atoms with Crippen LogP contribution < -0.4 is 10.5 Å². The van der Waals surface area contributed by atoms with Crippen molar-refractivity contribution in [3.05, 3.63) is 18.2 Å². The van der Waals surface area contributed by atoms with Crippen molar-refractivity contribution in [2.45, 2.75) is 25.8 Å². The molecule has 0 bridgehead atoms. The van der Waals surface area contributed by atoms with Gasteiger partial charge in [0.2, 0.25) is 5.95 Å². The third-order valence-electron chi connectivity index (χ3n) is 4.22. The molecule has 0 amide bonds. The molecule has 0 aliphatic carbocycles. The number of anilines is 1. The van der Waals surface area contributed by atoms with Crippen LogP contribution in [0.15, 0.2) is 18.2 Å². The van der Waals surface area contributed by atoms with Crippen LogP contribution in [0.4, 0.5) is 5.95 Å². The predicted molar refractivity (Wildman–Crippen MR) is 81.1 cm³/mol. The molecule has 1 saturated heterocycles. The van der Waals surface area contributed by atoms with Gasteiger partial charge in [0, 0.05) is 18.7 Å². The monoisotopic (exact) mass is 274 g/mol. The molecule has 1 aromatic carbocycles. The number of nitrogens with zero attached hydrogens (tertiary/aromatic N) is 3. The lowest BCUT2D eigenvalue weighted by molar-refractivity contribution is 0.188. The summed E-state index contributed by atoms with van der Waals surface area (Å²) in [6.45, 7) is 5.55. The van der Waals surface area contributed by atoms with Crippen molar-refractivity contribution < 1.29 is 4.74 Å². The molecule has 5 nitrogen and oxygen atoms in total. The normalized spacial score (nSPS) is 20.4. The standard InChI is InChI=1S/C15H22N4O/c1-3-18-8-4-5-11(10-18)19-14-7-6-12(20-2)9-13(14)17-15(19)16/h6-7,9,11H,3-5,8,10H2,1-2H3,(H2,16,17). The maximum absolute atomic E-state index is 6.16. The Kier molecular flexibility index (Phi) is 3.53. The van der Waals surface area contributed by atoms with E-state index in [1.807, 2.05) is 12.1 Å². The van der Waals surface area contributed by atoms with Crippen molar-refractivity contribution in [1.29, 1.82) is 0 Å². The maximum atomic E-state index is 6.16. The molecule has 1 aromatic heterocycles. The summed E-state index contributed by atoms with van der Waals surface area (Å²) in [5.41, 5.74) is 8.17. The third kappa shape index (κ3) is 2.22. The van der Waals surface area contributed by atoms with E-state index in [-0.39, 0.29) is 0 Å². The van der Waals surface area contributed by atoms with Crippen LogP contribution in [0.2, 0.25) is 0 Å². The average Bonchev–Trinajstić information content (AvgIpc) is 2.82. The van der Waals surface area contributed by atoms with Gasteiger partial charge in [-0.2, -0.15) is 0 Å². The van der Waals surface area contributed by atoms with Gasteiger partial charge in [-0.1, -0.05) is 6.92 Å². The molecule has 5 heteroatoms. The highest BCUT2D eigenvalue weighted by Crippen LogP contribution is 2.30. The molecule has 1 aliphatic heterocycles. The van der Waals surface area contributed by atoms with E-state index in [1.54, 1.807) is 7.11 Å². The van der Waals surface area contributed by atoms with E-state index in [0.29, 0.717) is 12.0 Å². The summed E-state index contributed by atoms with van der Waals surface area (Å²) in [5.74, 6) is 1.43. The number of imidazole rings is 1. The number of nitrogen functional groups attached to an aromatic ring is 1. The van der Waals surface area contributed by atoms with Gasteiger partial charge < -0.3 is 19.9 Å². The van der Waals surface area contributed by atoms with Crippen molar-refractivity contribution in [3.63, 3.8) is 0 Å². The van der Waals surface area contributed by atoms with Crippen molar-refractivity contribution in [2.75, 3.05) is 32.5 Å². The number of likely N-dealkylation sites (N-methyl/N-ethyl adjacent to an activating group) is 1. The lowest BCUT2D eigenvalue weighted by Gasteiger charge is -2.33. The van der Waals surface area contributed by atoms with E-state index in [4.69, 9.17) is 10.5 Å². The van der Waals surface area contributed by atoms with E-state index in [1.165, 1.54) is 13.0 Å². The lowest BCUT2D eigenvalue weighted by Crippen LogP contribution is -2.36. The molecule has 2 aromatic rings. The number of hydrogen-bond acceptors (Lipinski definition) is 4. The zero-order chi connectivity index (χ0) is 14.1. The lowest BCUT2D eigenvalue weighted by atomic mass is 10.1. The van der Waals surface area contributed by atoms with Gasteiger partial charge in [-0.25, -0.2) is 4.98 Å². The fourth-order valence-corrected chi connectivity index (χ4v) is 3.14. The van der Waals surface area contributed by atoms with E-state index >= 15 is 0 Å². The summed E-state index contributed by atoms with van der Waals surface area (Å²) >= 11 is 0. The molecule has 2 N–H and O–H groups in total. The maximum Gasteiger partial charge on any atom is 0.201 e. The first-order valence-electron chi connectivity index (χ1n) is 7.26. The Morgan fingerprint density at radius 1 is 1.45 bits per heavy atom. The Labute approximate surface area is 119 Å². The van der Waals surface area contributed by atoms with Crippen LogP contribution >= 0.6 is 0 Å². The van der Waals surface area contributed by atoms with Crippen LogP contribution in [0.25, 0.3) is 11.0 Å². The van der Waals surface area contributed by atoms with Gasteiger partial charge in [-0.05, 0) is 38.1 Å². The summed E-state index contributed by atoms with van der Waals surface area (Å²) in [6, 6.07) is 6.40. The summed E-state index contributed by atoms with van der Waals surface area (Å²) in [4.78, 5) is 6.97. The molecule has 108 valence electrons. The molecule has 1 aliphatic rings. The molecule has 1 atom stereocenters. The molecule has 0 saturated carbocycles. The minimum absolute atomic E-state index is 0.419. The third-order valence-corrected chi connectivity index (χ3v) is 4.22. The number of fused-ring (bicyclic) bond motifs is 1. The summed E-state index contributed by atoms with van der Waals surface area (Å²) in [5, 5.41) is 0. The number of nitrogens with two attached hydrogens (primary N) is 1. The first kappa shape index (κ1) is 13.2. The number of rotatable bonds is 3. The number of benzene rings is 1. The molecule has 0 radical (unpaired) electrons. The Hall–Kier alpha value is -1.75. The van der Waals surface area contributed by atoms with E-state index < -0.39 is 0 Å². The highest BCUT2D eigenvalue weighted by Gasteiger charge is 2.23. The van der Waals surface area contributed by atoms with Crippen molar-refractivity contribution in [1.82, 2.24) is 14.5 Å². The van der Waals surface area contributed by atoms with Crippen LogP contribution in [-0.2, 0) is 0 Å². The second-order valence-electron chi connectivity index (χ2n) is 5.38. The Morgan fingerprint density at radius 2 is 2.30 bits per heavy atom. The Balaban J connectivity index is 2.00. The average molecular weight is 274 g/mol. The summed E-state index contributed by atoms with van der Waals surface area (Å²) < 4.78 is 7.44. The minimum atomic E-state index is 0.419. The number of piperidine rings is 1. The van der Waals surface area contributed by atoms with Gasteiger partial charge in [0.05, 0.1) is 18.1 Å². The van der Waals surface area contributed by atoms with E-state index in [0.717, 1.165) is 36.3 Å². The SMILES string of the molecule is CCN1CCCC(n2c(N)nc3cc(OC)ccc32)C1. The molecule has 1 fully saturated rings. The zero-order valence-corrected chi connectivity index (χ0v) is 12.2. The van der Waals surface area contributed by atoms with Gasteiger partial charge in [0.25, 0.3) is 0 Å². The summed E-state index contributed by atoms with van der Waals surface area (Å²) in [6.07, 6.45) is 2.38. The van der Waals surface area contributed by atoms with Crippen molar-refractivity contribution in [3.8, 4) is 5.75 Å². The molecule has 3 rings (SSSR count). The van der Waals surface area contributed by atoms with Gasteiger partial charge in [-0.15, -0.1) is 0 Å². The van der Waals surface area contributed by atoms with E-state index in [9.17, 15) is 0 Å². The first-order chi connectivity index (χ1) is 9.72. The van der Waals surface area contributed by atoms with Crippen LogP contribution in [-0.4, -0.2) is 41.2 Å². The fraction of sp³-hybridized carbons (Fsp3) is 0.533. The molecular formula is C15H22N4O. The quantitative estimate of drug-likeness (QED) is 0.933. The van der Waals surface area contributed by atoms with Crippen LogP contribution in [0.1, 0.15) is 25.8 Å². The fourth-order valence-electron chi connectivity index (χ4n) is 3.14. The van der Waals surface area contributed by atoms with Gasteiger partial charge in [0.15, 0.2) is 0 Å². The largest absolute Gasteiger partial charge is 0.497 e. The Morgan fingerprint density at radius 3 is 3.05 bits per heavy atom. The Bertz CT molecular complexity index is 607. The van der Waals surface area contributed by atoms with Crippen LogP contribution in [0.3, 0.4) is 0 Å². The molecule has 2 heterocycles. The van der Waals surface area contributed by atoms with Gasteiger partial charge >= 0.3 is 0 Å². The highest BCUT2D eigenvalue weighted by molar-refractivity contribution is 5.80. The second-order valence-corrected chi connectivity index (χ2v) is 5.38. The number of likely N-dealkylation sites (tertiary alicyclic amines) is 1. The smallest absolute Gasteiger partial charge is 0.201 e. The second kappa shape index (κ2) is 5.32. The molecular weight excluding hydrogens is 252 g/mol. The number of aromatic nitrogens is 2. The number of ether oxygens (including phenoxy) is 1. The predicted octanol–water partition coefficient (Wildman–Crippen LogP) is 2.28. The van der Waals surface area contributed by atoms with Crippen molar-refractivity contribution >= 4 is 17.0 Å². The zero-order valence-electron chi connectivity index (χ0n) is 12.2. The topological polar surface area (TPSA) is 56.3 Å². The van der Waals surface area contributed by atoms with Crippen LogP contribution in [0, 0.1) is 0 Å². The molecule has 20 heavy (non-hydrogen) atoms. The molecule has 0 spiro atoms. The number of methoxy groups -OCH3 is 1. The van der Waals surface area contributed by atoms with Gasteiger partial charge in [0.1, 0.15) is 5.75 Å². The summed E-state index contributed by atoms with van der Waals surface area (Å²) in [7, 11) is 1.67. The first-order valence-corrected chi connectivity index (χ1v) is 7.26. The van der Waals surface area contributed by atoms with E-state index in [2.05, 4.69) is 27.4 Å². The van der Waals surface area contributed by atoms with Crippen LogP contribution in [0.5, 0.6) is 5.75 Å². The van der Waals surface area contributed by atoms with Crippen molar-refractivity contribution in [2.24, 2.45) is 0 Å². The minimum Gasteiger partial charge on any atom is -0.497 e.